The molecule has 112 valence electrons. The zero-order valence-corrected chi connectivity index (χ0v) is 11.2. The number of carbonyl (C=O) groups excluding carboxylic acids is 1. The molecule has 1 rings (SSSR count). The Morgan fingerprint density at radius 2 is 2.15 bits per heavy atom. The van der Waals surface area contributed by atoms with Crippen LogP contribution < -0.4 is 10.6 Å². The van der Waals surface area contributed by atoms with Gasteiger partial charge in [-0.05, 0) is 12.5 Å². The van der Waals surface area contributed by atoms with Crippen LogP contribution in [0, 0.1) is 0 Å². The van der Waals surface area contributed by atoms with Crippen LogP contribution in [0.4, 0.5) is 24.7 Å². The number of aromatic nitrogens is 1. The van der Waals surface area contributed by atoms with Crippen molar-refractivity contribution < 1.29 is 22.7 Å². The van der Waals surface area contributed by atoms with E-state index in [0.29, 0.717) is 6.42 Å². The van der Waals surface area contributed by atoms with Gasteiger partial charge in [0.2, 0.25) is 0 Å². The third kappa shape index (κ3) is 4.01. The summed E-state index contributed by atoms with van der Waals surface area (Å²) in [7, 11) is 1.17. The standard InChI is InChI=1S/C12H16F3N3O2/c1-3-6-18(7-12(13,14)15)10-9(16)8(4-5-17-10)11(19)20-2/h4-5H,3,6-7,16H2,1-2H3. The number of hydrogen-bond donors (Lipinski definition) is 1. The van der Waals surface area contributed by atoms with Crippen molar-refractivity contribution in [3.63, 3.8) is 0 Å². The van der Waals surface area contributed by atoms with Gasteiger partial charge in [-0.2, -0.15) is 13.2 Å². The molecular formula is C12H16F3N3O2. The van der Waals surface area contributed by atoms with E-state index < -0.39 is 18.7 Å². The van der Waals surface area contributed by atoms with Gasteiger partial charge in [-0.15, -0.1) is 0 Å². The predicted molar refractivity (Wildman–Crippen MR) is 68.5 cm³/mol. The van der Waals surface area contributed by atoms with Gasteiger partial charge < -0.3 is 15.4 Å². The van der Waals surface area contributed by atoms with Crippen molar-refractivity contribution in [3.05, 3.63) is 17.8 Å². The number of nitrogens with two attached hydrogens (primary N) is 1. The molecule has 0 radical (unpaired) electrons. The Kier molecular flexibility index (Phi) is 5.18. The molecular weight excluding hydrogens is 275 g/mol. The van der Waals surface area contributed by atoms with Gasteiger partial charge in [-0.3, -0.25) is 0 Å². The highest BCUT2D eigenvalue weighted by Crippen LogP contribution is 2.27. The zero-order valence-electron chi connectivity index (χ0n) is 11.2. The molecule has 0 spiro atoms. The number of esters is 1. The van der Waals surface area contributed by atoms with E-state index in [1.54, 1.807) is 6.92 Å². The molecule has 0 fully saturated rings. The minimum Gasteiger partial charge on any atom is -0.465 e. The van der Waals surface area contributed by atoms with Gasteiger partial charge in [-0.25, -0.2) is 9.78 Å². The number of rotatable bonds is 5. The predicted octanol–water partition coefficient (Wildman–Crippen LogP) is 2.23. The number of methoxy groups -OCH3 is 1. The lowest BCUT2D eigenvalue weighted by molar-refractivity contribution is -0.119. The molecule has 1 aromatic heterocycles. The Morgan fingerprint density at radius 3 is 2.65 bits per heavy atom. The van der Waals surface area contributed by atoms with Crippen molar-refractivity contribution in [1.82, 2.24) is 4.98 Å². The van der Waals surface area contributed by atoms with Crippen LogP contribution in [0.2, 0.25) is 0 Å². The maximum absolute atomic E-state index is 12.6. The van der Waals surface area contributed by atoms with E-state index in [1.165, 1.54) is 19.4 Å². The third-order valence-corrected chi connectivity index (χ3v) is 2.54. The Balaban J connectivity index is 3.17. The van der Waals surface area contributed by atoms with E-state index in [0.717, 1.165) is 4.90 Å². The number of alkyl halides is 3. The maximum atomic E-state index is 12.6. The highest BCUT2D eigenvalue weighted by Gasteiger charge is 2.32. The normalized spacial score (nSPS) is 11.2. The molecule has 0 saturated heterocycles. The second-order valence-electron chi connectivity index (χ2n) is 4.12. The number of carbonyl (C=O) groups is 1. The van der Waals surface area contributed by atoms with Crippen LogP contribution in [-0.4, -0.2) is 37.3 Å². The van der Waals surface area contributed by atoms with Crippen LogP contribution in [0.5, 0.6) is 0 Å². The van der Waals surface area contributed by atoms with Crippen LogP contribution in [0.3, 0.4) is 0 Å². The van der Waals surface area contributed by atoms with Crippen molar-refractivity contribution in [2.24, 2.45) is 0 Å². The highest BCUT2D eigenvalue weighted by molar-refractivity contribution is 5.97. The first-order valence-electron chi connectivity index (χ1n) is 5.94. The molecule has 0 amide bonds. The maximum Gasteiger partial charge on any atom is 0.405 e. The van der Waals surface area contributed by atoms with Gasteiger partial charge in [0.25, 0.3) is 0 Å². The van der Waals surface area contributed by atoms with E-state index in [4.69, 9.17) is 5.73 Å². The lowest BCUT2D eigenvalue weighted by Crippen LogP contribution is -2.36. The summed E-state index contributed by atoms with van der Waals surface area (Å²) in [5, 5.41) is 0. The Morgan fingerprint density at radius 1 is 1.50 bits per heavy atom. The van der Waals surface area contributed by atoms with Crippen molar-refractivity contribution in [1.29, 1.82) is 0 Å². The Labute approximate surface area is 114 Å². The fourth-order valence-electron chi connectivity index (χ4n) is 1.75. The fraction of sp³-hybridized carbons (Fsp3) is 0.500. The number of nitrogens with zero attached hydrogens (tertiary/aromatic N) is 2. The van der Waals surface area contributed by atoms with Crippen LogP contribution in [-0.2, 0) is 4.74 Å². The topological polar surface area (TPSA) is 68.5 Å². The molecule has 0 aliphatic carbocycles. The molecule has 0 aliphatic rings. The van der Waals surface area contributed by atoms with E-state index in [-0.39, 0.29) is 23.6 Å². The van der Waals surface area contributed by atoms with Crippen molar-refractivity contribution in [3.8, 4) is 0 Å². The summed E-state index contributed by atoms with van der Waals surface area (Å²) in [6, 6.07) is 1.31. The first kappa shape index (κ1) is 16.1. The largest absolute Gasteiger partial charge is 0.465 e. The molecule has 0 aromatic carbocycles. The SMILES string of the molecule is CCCN(CC(F)(F)F)c1nccc(C(=O)OC)c1N. The summed E-state index contributed by atoms with van der Waals surface area (Å²) in [4.78, 5) is 16.3. The van der Waals surface area contributed by atoms with Crippen LogP contribution >= 0.6 is 0 Å². The van der Waals surface area contributed by atoms with Gasteiger partial charge in [-0.1, -0.05) is 6.92 Å². The molecule has 0 atom stereocenters. The van der Waals surface area contributed by atoms with Gasteiger partial charge in [0.15, 0.2) is 5.82 Å². The van der Waals surface area contributed by atoms with Gasteiger partial charge in [0.1, 0.15) is 6.54 Å². The second-order valence-corrected chi connectivity index (χ2v) is 4.12. The number of halogens is 3. The first-order chi connectivity index (χ1) is 9.30. The summed E-state index contributed by atoms with van der Waals surface area (Å²) in [6.45, 7) is 0.688. The van der Waals surface area contributed by atoms with Gasteiger partial charge >= 0.3 is 12.1 Å². The molecule has 2 N–H and O–H groups in total. The van der Waals surface area contributed by atoms with E-state index in [9.17, 15) is 18.0 Å². The average molecular weight is 291 g/mol. The van der Waals surface area contributed by atoms with E-state index in [2.05, 4.69) is 9.72 Å². The number of nitrogen functional groups attached to an aromatic ring is 1. The minimum atomic E-state index is -4.38. The summed E-state index contributed by atoms with van der Waals surface area (Å²) in [6.07, 6.45) is -2.67. The van der Waals surface area contributed by atoms with Crippen molar-refractivity contribution in [2.75, 3.05) is 30.8 Å². The molecule has 0 saturated carbocycles. The molecule has 8 heteroatoms. The highest BCUT2D eigenvalue weighted by atomic mass is 19.4. The number of hydrogen-bond acceptors (Lipinski definition) is 5. The molecule has 1 heterocycles. The lowest BCUT2D eigenvalue weighted by Gasteiger charge is -2.26. The quantitative estimate of drug-likeness (QED) is 0.842. The number of anilines is 2. The average Bonchev–Trinajstić information content (AvgIpc) is 2.36. The molecule has 0 aliphatic heterocycles. The molecule has 5 nitrogen and oxygen atoms in total. The van der Waals surface area contributed by atoms with Crippen LogP contribution in [0.15, 0.2) is 12.3 Å². The van der Waals surface area contributed by atoms with Gasteiger partial charge in [0.05, 0.1) is 18.4 Å². The lowest BCUT2D eigenvalue weighted by atomic mass is 10.2. The molecule has 0 unspecified atom stereocenters. The van der Waals surface area contributed by atoms with Crippen molar-refractivity contribution in [2.45, 2.75) is 19.5 Å². The Hall–Kier alpha value is -1.99. The molecule has 0 bridgehead atoms. The Bertz CT molecular complexity index is 478. The summed E-state index contributed by atoms with van der Waals surface area (Å²) in [5.41, 5.74) is 5.62. The molecule has 20 heavy (non-hydrogen) atoms. The second kappa shape index (κ2) is 6.44. The monoisotopic (exact) mass is 291 g/mol. The minimum absolute atomic E-state index is 0.000720. The number of pyridine rings is 1. The van der Waals surface area contributed by atoms with Gasteiger partial charge in [0, 0.05) is 12.7 Å². The van der Waals surface area contributed by atoms with E-state index in [1.807, 2.05) is 0 Å². The van der Waals surface area contributed by atoms with Crippen LogP contribution in [0.1, 0.15) is 23.7 Å². The first-order valence-corrected chi connectivity index (χ1v) is 5.94. The third-order valence-electron chi connectivity index (χ3n) is 2.54. The summed E-state index contributed by atoms with van der Waals surface area (Å²) < 4.78 is 42.2. The smallest absolute Gasteiger partial charge is 0.405 e. The number of ether oxygens (including phenoxy) is 1. The summed E-state index contributed by atoms with van der Waals surface area (Å²) >= 11 is 0. The summed E-state index contributed by atoms with van der Waals surface area (Å²) in [5.74, 6) is -0.776. The van der Waals surface area contributed by atoms with Crippen LogP contribution in [0.25, 0.3) is 0 Å². The van der Waals surface area contributed by atoms with E-state index >= 15 is 0 Å². The fourth-order valence-corrected chi connectivity index (χ4v) is 1.75. The van der Waals surface area contributed by atoms with Crippen molar-refractivity contribution >= 4 is 17.5 Å². The molecule has 1 aromatic rings. The zero-order chi connectivity index (χ0) is 15.3.